The van der Waals surface area contributed by atoms with Crippen LogP contribution in [-0.2, 0) is 9.53 Å². The monoisotopic (exact) mass is 337 g/mol. The van der Waals surface area contributed by atoms with Crippen LogP contribution in [0.15, 0.2) is 4.79 Å². The number of thiophene rings is 1. The second-order valence-corrected chi connectivity index (χ2v) is 6.03. The quantitative estimate of drug-likeness (QED) is 0.837. The molecule has 0 saturated carbocycles. The molecule has 0 aliphatic rings. The molecule has 1 amide bonds. The van der Waals surface area contributed by atoms with Gasteiger partial charge in [-0.3, -0.25) is 9.59 Å². The lowest BCUT2D eigenvalue weighted by atomic mass is 10.2. The van der Waals surface area contributed by atoms with Crippen molar-refractivity contribution in [2.75, 3.05) is 19.7 Å². The van der Waals surface area contributed by atoms with Gasteiger partial charge in [0.1, 0.15) is 15.5 Å². The number of H-pyrrole nitrogens is 1. The molecule has 2 aromatic heterocycles. The van der Waals surface area contributed by atoms with Crippen molar-refractivity contribution < 1.29 is 14.3 Å². The van der Waals surface area contributed by atoms with Gasteiger partial charge in [-0.05, 0) is 33.3 Å². The number of aromatic amines is 1. The highest BCUT2D eigenvalue weighted by molar-refractivity contribution is 7.20. The zero-order chi connectivity index (χ0) is 17.1. The number of ether oxygens (including phenoxy) is 1. The van der Waals surface area contributed by atoms with E-state index in [1.807, 2.05) is 13.8 Å². The van der Waals surface area contributed by atoms with Crippen molar-refractivity contribution in [2.24, 2.45) is 0 Å². The first-order valence-corrected chi connectivity index (χ1v) is 8.15. The Morgan fingerprint density at radius 3 is 2.52 bits per heavy atom. The normalized spacial score (nSPS) is 10.8. The summed E-state index contributed by atoms with van der Waals surface area (Å²) < 4.78 is 5.10. The number of nitrogens with one attached hydrogen (secondary N) is 1. The maximum Gasteiger partial charge on any atom is 0.349 e. The molecule has 0 saturated heterocycles. The largest absolute Gasteiger partial charge is 0.451 e. The molecule has 0 aliphatic heterocycles. The molecule has 124 valence electrons. The van der Waals surface area contributed by atoms with Crippen molar-refractivity contribution >= 4 is 33.4 Å². The highest BCUT2D eigenvalue weighted by Gasteiger charge is 2.21. The molecular weight excluding hydrogens is 318 g/mol. The van der Waals surface area contributed by atoms with Crippen LogP contribution >= 0.6 is 11.3 Å². The minimum atomic E-state index is -0.608. The van der Waals surface area contributed by atoms with Gasteiger partial charge in [-0.1, -0.05) is 0 Å². The van der Waals surface area contributed by atoms with E-state index in [1.165, 1.54) is 0 Å². The van der Waals surface area contributed by atoms with Crippen LogP contribution in [0.1, 0.15) is 34.9 Å². The number of rotatable bonds is 5. The fourth-order valence-electron chi connectivity index (χ4n) is 2.31. The van der Waals surface area contributed by atoms with E-state index >= 15 is 0 Å². The Morgan fingerprint density at radius 1 is 1.26 bits per heavy atom. The molecule has 0 aromatic carbocycles. The van der Waals surface area contributed by atoms with E-state index in [-0.39, 0.29) is 18.1 Å². The van der Waals surface area contributed by atoms with Crippen LogP contribution in [0.2, 0.25) is 0 Å². The van der Waals surface area contributed by atoms with E-state index in [0.29, 0.717) is 39.6 Å². The predicted octanol–water partition coefficient (Wildman–Crippen LogP) is 1.63. The van der Waals surface area contributed by atoms with Crippen LogP contribution in [0.25, 0.3) is 10.2 Å². The summed E-state index contributed by atoms with van der Waals surface area (Å²) in [6.07, 6.45) is 0. The molecule has 2 heterocycles. The highest BCUT2D eigenvalue weighted by atomic mass is 32.1. The molecule has 0 radical (unpaired) electrons. The molecule has 23 heavy (non-hydrogen) atoms. The third kappa shape index (κ3) is 3.42. The summed E-state index contributed by atoms with van der Waals surface area (Å²) in [5.74, 6) is -0.364. The summed E-state index contributed by atoms with van der Waals surface area (Å²) in [6, 6.07) is 0. The van der Waals surface area contributed by atoms with Gasteiger partial charge in [-0.2, -0.15) is 0 Å². The molecule has 0 fully saturated rings. The summed E-state index contributed by atoms with van der Waals surface area (Å²) in [7, 11) is 0. The van der Waals surface area contributed by atoms with Crippen molar-refractivity contribution in [3.63, 3.8) is 0 Å². The van der Waals surface area contributed by atoms with Gasteiger partial charge in [0.2, 0.25) is 0 Å². The van der Waals surface area contributed by atoms with Crippen LogP contribution < -0.4 is 5.56 Å². The number of likely N-dealkylation sites (N-methyl/N-ethyl adjacent to an activating group) is 1. The van der Waals surface area contributed by atoms with E-state index in [0.717, 1.165) is 11.3 Å². The Kier molecular flexibility index (Phi) is 5.15. The van der Waals surface area contributed by atoms with Gasteiger partial charge in [0.25, 0.3) is 11.5 Å². The van der Waals surface area contributed by atoms with Crippen LogP contribution in [0.4, 0.5) is 0 Å². The van der Waals surface area contributed by atoms with Crippen LogP contribution in [0.3, 0.4) is 0 Å². The van der Waals surface area contributed by atoms with Crippen LogP contribution in [0.5, 0.6) is 0 Å². The molecule has 0 aliphatic carbocycles. The van der Waals surface area contributed by atoms with Gasteiger partial charge in [-0.25, -0.2) is 9.78 Å². The van der Waals surface area contributed by atoms with E-state index in [2.05, 4.69) is 9.97 Å². The van der Waals surface area contributed by atoms with E-state index in [1.54, 1.807) is 18.7 Å². The second-order valence-electron chi connectivity index (χ2n) is 5.03. The number of carbonyl (C=O) groups is 2. The Balaban J connectivity index is 2.22. The number of hydrogen-bond donors (Lipinski definition) is 1. The standard InChI is InChI=1S/C15H19N3O4S/c1-5-18(6-2)10(19)7-22-15(21)12-8(3)11-13(20)16-9(4)17-14(11)23-12/h5-7H2,1-4H3,(H,16,17,20). The minimum Gasteiger partial charge on any atom is -0.451 e. The van der Waals surface area contributed by atoms with Gasteiger partial charge in [0.05, 0.1) is 5.39 Å². The molecule has 0 spiro atoms. The zero-order valence-corrected chi connectivity index (χ0v) is 14.4. The first-order chi connectivity index (χ1) is 10.9. The molecule has 2 rings (SSSR count). The molecule has 1 N–H and O–H groups in total. The highest BCUT2D eigenvalue weighted by Crippen LogP contribution is 2.27. The minimum absolute atomic E-state index is 0.242. The van der Waals surface area contributed by atoms with Crippen molar-refractivity contribution in [3.05, 3.63) is 26.6 Å². The van der Waals surface area contributed by atoms with Gasteiger partial charge >= 0.3 is 5.97 Å². The second kappa shape index (κ2) is 6.91. The molecular formula is C15H19N3O4S. The van der Waals surface area contributed by atoms with Gasteiger partial charge in [0.15, 0.2) is 6.61 Å². The smallest absolute Gasteiger partial charge is 0.349 e. The number of aryl methyl sites for hydroxylation is 2. The lowest BCUT2D eigenvalue weighted by Crippen LogP contribution is -2.34. The molecule has 2 aromatic rings. The van der Waals surface area contributed by atoms with E-state index in [4.69, 9.17) is 4.74 Å². The number of esters is 1. The fraction of sp³-hybridized carbons (Fsp3) is 0.467. The first-order valence-electron chi connectivity index (χ1n) is 7.33. The average molecular weight is 337 g/mol. The number of nitrogens with zero attached hydrogens (tertiary/aromatic N) is 2. The summed E-state index contributed by atoms with van der Waals surface area (Å²) >= 11 is 1.10. The van der Waals surface area contributed by atoms with Crippen LogP contribution in [-0.4, -0.2) is 46.4 Å². The fourth-order valence-corrected chi connectivity index (χ4v) is 3.43. The predicted molar refractivity (Wildman–Crippen MR) is 87.9 cm³/mol. The Morgan fingerprint density at radius 2 is 1.91 bits per heavy atom. The maximum absolute atomic E-state index is 12.2. The Labute approximate surface area is 137 Å². The molecule has 8 heteroatoms. The van der Waals surface area contributed by atoms with Crippen LogP contribution in [0, 0.1) is 13.8 Å². The summed E-state index contributed by atoms with van der Waals surface area (Å²) in [5.41, 5.74) is 0.249. The molecule has 0 atom stereocenters. The lowest BCUT2D eigenvalue weighted by Gasteiger charge is -2.18. The SMILES string of the molecule is CCN(CC)C(=O)COC(=O)c1sc2nc(C)[nH]c(=O)c2c1C. The molecule has 7 nitrogen and oxygen atoms in total. The van der Waals surface area contributed by atoms with Gasteiger partial charge in [0, 0.05) is 13.1 Å². The first kappa shape index (κ1) is 17.1. The summed E-state index contributed by atoms with van der Waals surface area (Å²) in [5, 5.41) is 0.391. The topological polar surface area (TPSA) is 92.4 Å². The summed E-state index contributed by atoms with van der Waals surface area (Å²) in [6.45, 7) is 7.89. The van der Waals surface area contributed by atoms with Crippen molar-refractivity contribution in [3.8, 4) is 0 Å². The van der Waals surface area contributed by atoms with Gasteiger partial charge < -0.3 is 14.6 Å². The lowest BCUT2D eigenvalue weighted by molar-refractivity contribution is -0.134. The van der Waals surface area contributed by atoms with E-state index < -0.39 is 5.97 Å². The van der Waals surface area contributed by atoms with Gasteiger partial charge in [-0.15, -0.1) is 11.3 Å². The Bertz CT molecular complexity index is 805. The third-order valence-corrected chi connectivity index (χ3v) is 4.71. The Hall–Kier alpha value is -2.22. The maximum atomic E-state index is 12.2. The average Bonchev–Trinajstić information content (AvgIpc) is 2.83. The number of aromatic nitrogens is 2. The molecule has 0 unspecified atom stereocenters. The van der Waals surface area contributed by atoms with Crippen molar-refractivity contribution in [1.82, 2.24) is 14.9 Å². The van der Waals surface area contributed by atoms with Crippen molar-refractivity contribution in [2.45, 2.75) is 27.7 Å². The number of carbonyl (C=O) groups excluding carboxylic acids is 2. The van der Waals surface area contributed by atoms with Crippen molar-refractivity contribution in [1.29, 1.82) is 0 Å². The zero-order valence-electron chi connectivity index (χ0n) is 13.6. The molecule has 0 bridgehead atoms. The number of hydrogen-bond acceptors (Lipinski definition) is 6. The summed E-state index contributed by atoms with van der Waals surface area (Å²) in [4.78, 5) is 45.3. The third-order valence-electron chi connectivity index (χ3n) is 3.55. The number of amides is 1. The number of fused-ring (bicyclic) bond motifs is 1. The van der Waals surface area contributed by atoms with E-state index in [9.17, 15) is 14.4 Å².